The minimum Gasteiger partial charge on any atom is -0.382 e. The number of nitrogens with two attached hydrogens (primary N) is 1. The van der Waals surface area contributed by atoms with Gasteiger partial charge < -0.3 is 11.1 Å². The summed E-state index contributed by atoms with van der Waals surface area (Å²) in [6.45, 7) is 2.05. The first-order valence-corrected chi connectivity index (χ1v) is 4.72. The molecule has 1 aromatic rings. The molecule has 1 aliphatic rings. The van der Waals surface area contributed by atoms with Crippen LogP contribution < -0.4 is 11.1 Å². The molecule has 0 spiro atoms. The first kappa shape index (κ1) is 9.05. The highest BCUT2D eigenvalue weighted by atomic mass is 16.2. The molecule has 14 heavy (non-hydrogen) atoms. The van der Waals surface area contributed by atoms with Gasteiger partial charge in [-0.3, -0.25) is 9.89 Å². The number of anilines is 1. The van der Waals surface area contributed by atoms with Crippen molar-refractivity contribution in [1.82, 2.24) is 15.5 Å². The molecule has 1 fully saturated rings. The molecule has 1 saturated carbocycles. The van der Waals surface area contributed by atoms with Gasteiger partial charge in [0.25, 0.3) is 5.91 Å². The highest BCUT2D eigenvalue weighted by molar-refractivity contribution is 5.93. The van der Waals surface area contributed by atoms with Gasteiger partial charge >= 0.3 is 0 Å². The molecule has 5 nitrogen and oxygen atoms in total. The number of nitrogens with zero attached hydrogens (tertiary/aromatic N) is 1. The van der Waals surface area contributed by atoms with Gasteiger partial charge in [0.1, 0.15) is 11.5 Å². The van der Waals surface area contributed by atoms with E-state index in [0.717, 1.165) is 12.8 Å². The summed E-state index contributed by atoms with van der Waals surface area (Å²) in [6, 6.07) is 1.54. The fourth-order valence-corrected chi connectivity index (χ4v) is 1.63. The largest absolute Gasteiger partial charge is 0.382 e. The molecule has 0 aromatic carbocycles. The standard InChI is InChI=1S/C9H14N4O/c1-9(3-2-4-9)11-8(14)6-5-7(10)13-12-6/h5H,2-4H2,1H3,(H,11,14)(H3,10,12,13). The van der Waals surface area contributed by atoms with Crippen molar-refractivity contribution in [3.8, 4) is 0 Å². The van der Waals surface area contributed by atoms with Crippen molar-refractivity contribution in [2.24, 2.45) is 0 Å². The number of nitrogen functional groups attached to an aromatic ring is 1. The average molecular weight is 194 g/mol. The van der Waals surface area contributed by atoms with Gasteiger partial charge in [-0.15, -0.1) is 0 Å². The van der Waals surface area contributed by atoms with E-state index in [2.05, 4.69) is 15.5 Å². The van der Waals surface area contributed by atoms with E-state index in [1.165, 1.54) is 12.5 Å². The topological polar surface area (TPSA) is 83.8 Å². The summed E-state index contributed by atoms with van der Waals surface area (Å²) in [5.74, 6) is 0.213. The van der Waals surface area contributed by atoms with Crippen LogP contribution in [0.5, 0.6) is 0 Å². The third kappa shape index (κ3) is 1.57. The zero-order valence-corrected chi connectivity index (χ0v) is 8.13. The Bertz CT molecular complexity index is 353. The van der Waals surface area contributed by atoms with Gasteiger partial charge in [-0.1, -0.05) is 0 Å². The monoisotopic (exact) mass is 194 g/mol. The van der Waals surface area contributed by atoms with Crippen molar-refractivity contribution in [3.05, 3.63) is 11.8 Å². The third-order valence-corrected chi connectivity index (χ3v) is 2.71. The van der Waals surface area contributed by atoms with Gasteiger partial charge in [-0.2, -0.15) is 5.10 Å². The second-order valence-corrected chi connectivity index (χ2v) is 4.07. The van der Waals surface area contributed by atoms with Gasteiger partial charge in [0.15, 0.2) is 0 Å². The maximum Gasteiger partial charge on any atom is 0.269 e. The molecule has 1 amide bonds. The first-order valence-electron chi connectivity index (χ1n) is 4.72. The molecule has 0 aliphatic heterocycles. The fraction of sp³-hybridized carbons (Fsp3) is 0.556. The first-order chi connectivity index (χ1) is 6.59. The fourth-order valence-electron chi connectivity index (χ4n) is 1.63. The number of H-pyrrole nitrogens is 1. The Morgan fingerprint density at radius 3 is 2.86 bits per heavy atom. The van der Waals surface area contributed by atoms with E-state index in [1.807, 2.05) is 6.92 Å². The van der Waals surface area contributed by atoms with Crippen molar-refractivity contribution in [2.45, 2.75) is 31.7 Å². The van der Waals surface area contributed by atoms with E-state index in [1.54, 1.807) is 0 Å². The lowest BCUT2D eigenvalue weighted by Crippen LogP contribution is -2.51. The van der Waals surface area contributed by atoms with Crippen molar-refractivity contribution >= 4 is 11.7 Å². The highest BCUT2D eigenvalue weighted by Gasteiger charge is 2.33. The number of hydrogen-bond donors (Lipinski definition) is 3. The van der Waals surface area contributed by atoms with Crippen molar-refractivity contribution < 1.29 is 4.79 Å². The van der Waals surface area contributed by atoms with Gasteiger partial charge in [-0.05, 0) is 26.2 Å². The third-order valence-electron chi connectivity index (χ3n) is 2.71. The van der Waals surface area contributed by atoms with Crippen molar-refractivity contribution in [3.63, 3.8) is 0 Å². The molecule has 0 radical (unpaired) electrons. The Labute approximate surface area is 82.1 Å². The number of hydrogen-bond acceptors (Lipinski definition) is 3. The Morgan fingerprint density at radius 2 is 2.43 bits per heavy atom. The molecule has 5 heteroatoms. The SMILES string of the molecule is CC1(NC(=O)c2cc(N)n[nH]2)CCC1. The highest BCUT2D eigenvalue weighted by Crippen LogP contribution is 2.31. The van der Waals surface area contributed by atoms with Crippen molar-refractivity contribution in [1.29, 1.82) is 0 Å². The molecule has 1 aliphatic carbocycles. The lowest BCUT2D eigenvalue weighted by molar-refractivity contribution is 0.0845. The van der Waals surface area contributed by atoms with Crippen LogP contribution in [0, 0.1) is 0 Å². The molecule has 2 rings (SSSR count). The molecule has 4 N–H and O–H groups in total. The molecule has 1 aromatic heterocycles. The minimum absolute atomic E-state index is 0.0308. The molecular formula is C9H14N4O. The molecule has 0 atom stereocenters. The predicted octanol–water partition coefficient (Wildman–Crippen LogP) is 0.664. The second-order valence-electron chi connectivity index (χ2n) is 4.07. The van der Waals surface area contributed by atoms with Crippen LogP contribution in [0.4, 0.5) is 5.82 Å². The number of nitrogens with one attached hydrogen (secondary N) is 2. The van der Waals surface area contributed by atoms with Crippen LogP contribution in [-0.4, -0.2) is 21.6 Å². The van der Waals surface area contributed by atoms with E-state index in [0.29, 0.717) is 11.5 Å². The van der Waals surface area contributed by atoms with Crippen LogP contribution in [0.25, 0.3) is 0 Å². The Kier molecular flexibility index (Phi) is 1.94. The number of aromatic amines is 1. The summed E-state index contributed by atoms with van der Waals surface area (Å²) in [6.07, 6.45) is 3.27. The minimum atomic E-state index is -0.128. The molecule has 1 heterocycles. The van der Waals surface area contributed by atoms with Crippen LogP contribution in [0.1, 0.15) is 36.7 Å². The maximum absolute atomic E-state index is 11.6. The summed E-state index contributed by atoms with van der Waals surface area (Å²) < 4.78 is 0. The molecule has 0 saturated heterocycles. The van der Waals surface area contributed by atoms with Gasteiger partial charge in [0.2, 0.25) is 0 Å². The van der Waals surface area contributed by atoms with E-state index in [9.17, 15) is 4.79 Å². The van der Waals surface area contributed by atoms with Crippen molar-refractivity contribution in [2.75, 3.05) is 5.73 Å². The number of carbonyl (C=O) groups is 1. The van der Waals surface area contributed by atoms with Crippen LogP contribution in [0.15, 0.2) is 6.07 Å². The van der Waals surface area contributed by atoms with Gasteiger partial charge in [0, 0.05) is 11.6 Å². The summed E-state index contributed by atoms with van der Waals surface area (Å²) in [4.78, 5) is 11.6. The summed E-state index contributed by atoms with van der Waals surface area (Å²) >= 11 is 0. The second kappa shape index (κ2) is 3.01. The van der Waals surface area contributed by atoms with Gasteiger partial charge in [-0.25, -0.2) is 0 Å². The number of aromatic nitrogens is 2. The Hall–Kier alpha value is -1.52. The number of carbonyl (C=O) groups excluding carboxylic acids is 1. The number of amides is 1. The molecular weight excluding hydrogens is 180 g/mol. The van der Waals surface area contributed by atoms with Crippen LogP contribution in [-0.2, 0) is 0 Å². The van der Waals surface area contributed by atoms with Gasteiger partial charge in [0.05, 0.1) is 0 Å². The average Bonchev–Trinajstić information content (AvgIpc) is 2.49. The van der Waals surface area contributed by atoms with Crippen LogP contribution in [0.3, 0.4) is 0 Å². The zero-order valence-electron chi connectivity index (χ0n) is 8.13. The number of rotatable bonds is 2. The molecule has 0 unspecified atom stereocenters. The van der Waals surface area contributed by atoms with E-state index < -0.39 is 0 Å². The Morgan fingerprint density at radius 1 is 1.71 bits per heavy atom. The smallest absolute Gasteiger partial charge is 0.269 e. The van der Waals surface area contributed by atoms with E-state index >= 15 is 0 Å². The lowest BCUT2D eigenvalue weighted by atomic mass is 9.78. The predicted molar refractivity (Wildman–Crippen MR) is 52.7 cm³/mol. The van der Waals surface area contributed by atoms with E-state index in [-0.39, 0.29) is 11.4 Å². The normalized spacial score (nSPS) is 18.6. The summed E-state index contributed by atoms with van der Waals surface area (Å²) in [5, 5.41) is 9.25. The zero-order chi connectivity index (χ0) is 10.2. The molecule has 0 bridgehead atoms. The Balaban J connectivity index is 2.02. The van der Waals surface area contributed by atoms with E-state index in [4.69, 9.17) is 5.73 Å². The lowest BCUT2D eigenvalue weighted by Gasteiger charge is -2.38. The summed E-state index contributed by atoms with van der Waals surface area (Å²) in [7, 11) is 0. The van der Waals surface area contributed by atoms with Crippen LogP contribution >= 0.6 is 0 Å². The molecule has 76 valence electrons. The maximum atomic E-state index is 11.6. The summed E-state index contributed by atoms with van der Waals surface area (Å²) in [5.41, 5.74) is 5.80. The van der Waals surface area contributed by atoms with Crippen LogP contribution in [0.2, 0.25) is 0 Å². The quantitative estimate of drug-likeness (QED) is 0.646.